The molecule has 7 rings (SSSR count). The van der Waals surface area contributed by atoms with Gasteiger partial charge < -0.3 is 19.6 Å². The number of carbonyl (C=O) groups excluding carboxylic acids is 3. The number of hydrogen-bond acceptors (Lipinski definition) is 13. The van der Waals surface area contributed by atoms with Crippen molar-refractivity contribution >= 4 is 50.4 Å². The number of nitrogens with two attached hydrogens (primary N) is 1. The molecule has 2 fully saturated rings. The van der Waals surface area contributed by atoms with E-state index in [1.54, 1.807) is 20.8 Å². The lowest BCUT2D eigenvalue weighted by Gasteiger charge is -2.45. The molecule has 296 valence electrons. The van der Waals surface area contributed by atoms with E-state index in [2.05, 4.69) is 25.9 Å². The van der Waals surface area contributed by atoms with Gasteiger partial charge in [0.05, 0.1) is 18.4 Å². The van der Waals surface area contributed by atoms with Gasteiger partial charge in [0.1, 0.15) is 41.8 Å². The second-order valence-corrected chi connectivity index (χ2v) is 16.2. The van der Waals surface area contributed by atoms with Crippen molar-refractivity contribution < 1.29 is 47.1 Å². The molecule has 57 heavy (non-hydrogen) atoms. The van der Waals surface area contributed by atoms with Crippen LogP contribution in [0.2, 0.25) is 0 Å². The van der Waals surface area contributed by atoms with Crippen LogP contribution >= 0.6 is 11.3 Å². The van der Waals surface area contributed by atoms with E-state index in [4.69, 9.17) is 19.7 Å². The molecular formula is C36H36N9O10S2+. The van der Waals surface area contributed by atoms with Gasteiger partial charge >= 0.3 is 22.3 Å². The van der Waals surface area contributed by atoms with E-state index >= 15 is 0 Å². The highest BCUT2D eigenvalue weighted by molar-refractivity contribution is 7.84. The Kier molecular flexibility index (Phi) is 10.1. The van der Waals surface area contributed by atoms with Crippen molar-refractivity contribution in [1.29, 1.82) is 0 Å². The summed E-state index contributed by atoms with van der Waals surface area (Å²) >= 11 is 0.961. The van der Waals surface area contributed by atoms with Crippen molar-refractivity contribution in [2.75, 3.05) is 5.32 Å². The predicted octanol–water partition coefficient (Wildman–Crippen LogP) is 1.18. The fraction of sp³-hybridized carbons (Fsp3) is 0.278. The maximum atomic E-state index is 13.3. The number of ether oxygens (including phenoxy) is 2. The number of amides is 3. The van der Waals surface area contributed by atoms with Gasteiger partial charge in [0.2, 0.25) is 5.43 Å². The van der Waals surface area contributed by atoms with Gasteiger partial charge in [-0.2, -0.15) is 13.1 Å². The van der Waals surface area contributed by atoms with Gasteiger partial charge in [-0.1, -0.05) is 65.9 Å². The van der Waals surface area contributed by atoms with E-state index in [0.29, 0.717) is 0 Å². The number of carbonyl (C=O) groups is 3. The molecular weight excluding hydrogens is 783 g/mol. The Morgan fingerprint density at radius 1 is 1.04 bits per heavy atom. The summed E-state index contributed by atoms with van der Waals surface area (Å²) in [5.41, 5.74) is -1.39. The molecule has 5 aromatic rings. The average Bonchev–Trinajstić information content (AvgIpc) is 3.46. The first-order chi connectivity index (χ1) is 27.0. The number of aromatic nitrogens is 5. The summed E-state index contributed by atoms with van der Waals surface area (Å²) in [5, 5.41) is 20.8. The van der Waals surface area contributed by atoms with Crippen molar-refractivity contribution in [3.63, 3.8) is 0 Å². The van der Waals surface area contributed by atoms with Crippen LogP contribution in [0.25, 0.3) is 11.4 Å². The van der Waals surface area contributed by atoms with E-state index in [1.165, 1.54) is 33.3 Å². The largest absolute Gasteiger partial charge is 0.483 e. The van der Waals surface area contributed by atoms with Crippen LogP contribution < -0.4 is 31.0 Å². The molecule has 3 aromatic heterocycles. The van der Waals surface area contributed by atoms with Gasteiger partial charge in [0, 0.05) is 17.9 Å². The van der Waals surface area contributed by atoms with E-state index < -0.39 is 62.6 Å². The van der Waals surface area contributed by atoms with E-state index in [0.717, 1.165) is 22.5 Å². The van der Waals surface area contributed by atoms with Crippen molar-refractivity contribution in [2.45, 2.75) is 63.6 Å². The number of hydrogen-bond donors (Lipinski definition) is 4. The molecule has 3 atom stereocenters. The molecule has 1 aliphatic heterocycles. The molecule has 1 aliphatic carbocycles. The highest BCUT2D eigenvalue weighted by Crippen LogP contribution is 2.61. The van der Waals surface area contributed by atoms with Gasteiger partial charge in [-0.25, -0.2) is 24.2 Å². The van der Waals surface area contributed by atoms with E-state index in [1.807, 2.05) is 60.7 Å². The molecule has 1 saturated heterocycles. The number of nitrogens with zero attached hydrogens (tertiary/aromatic N) is 6. The summed E-state index contributed by atoms with van der Waals surface area (Å²) in [6.45, 7) is 5.27. The molecule has 0 unspecified atom stereocenters. The molecule has 5 N–H and O–H groups in total. The third kappa shape index (κ3) is 8.11. The van der Waals surface area contributed by atoms with Crippen molar-refractivity contribution in [3.05, 3.63) is 112 Å². The number of rotatable bonds is 13. The molecule has 3 amide bonds. The van der Waals surface area contributed by atoms with Gasteiger partial charge in [-0.05, 0) is 31.9 Å². The fourth-order valence-corrected chi connectivity index (χ4v) is 8.04. The summed E-state index contributed by atoms with van der Waals surface area (Å²) in [6.07, 6.45) is 1.95. The first-order valence-corrected chi connectivity index (χ1v) is 19.5. The Bertz CT molecular complexity index is 2540. The first-order valence-electron chi connectivity index (χ1n) is 17.3. The third-order valence-electron chi connectivity index (χ3n) is 8.93. The Labute approximate surface area is 328 Å². The lowest BCUT2D eigenvalue weighted by molar-refractivity contribution is -0.149. The molecule has 1 spiro atoms. The SMILES string of the molecule is CC(C)(C)OC(=O)Nc1nc(C(=[NH2+])C(=O)N[C@@H]2C(=O)N(S(=O)(=O)O)[C@]23C[C@H]3n2cc(-c3cc(=O)c(OCc4ccccc4)cn3OCc3ccccc3)nn2)cs1. The summed E-state index contributed by atoms with van der Waals surface area (Å²) in [6, 6.07) is 17.4. The topological polar surface area (TPSA) is 252 Å². The van der Waals surface area contributed by atoms with Crippen LogP contribution in [0.1, 0.15) is 50.1 Å². The Morgan fingerprint density at radius 2 is 1.70 bits per heavy atom. The standard InChI is InChI=1S/C36H35N9O10S2/c1-35(2,3)55-34(49)40-33-38-24(20-56-33)29(37)31(47)39-30-32(48)45(57(50,51)52)36(30)15-28(36)43-16-23(41-42-43)25-14-26(46)27(53-18-21-10-6-4-7-11-21)17-44(25)54-19-22-12-8-5-9-13-22/h4-14,16-17,20,28,30,37H,15,18-19H2,1-3H3,(H,39,47)(H,38,40,49)(H,50,51,52)/p+1/t28-,30-,36+/m1/s1. The first kappa shape index (κ1) is 38.8. The number of β-lactam (4-membered cyclic amide) rings is 1. The van der Waals surface area contributed by atoms with Gasteiger partial charge in [-0.15, -0.1) is 16.4 Å². The second kappa shape index (κ2) is 14.9. The Hall–Kier alpha value is -6.45. The number of pyridine rings is 1. The summed E-state index contributed by atoms with van der Waals surface area (Å²) in [5.74, 6) is -2.07. The van der Waals surface area contributed by atoms with Crippen LogP contribution in [0.5, 0.6) is 5.75 Å². The van der Waals surface area contributed by atoms with Crippen molar-refractivity contribution in [3.8, 4) is 17.1 Å². The monoisotopic (exact) mass is 818 g/mol. The zero-order chi connectivity index (χ0) is 40.7. The lowest BCUT2D eigenvalue weighted by Crippen LogP contribution is -2.75. The molecule has 0 radical (unpaired) electrons. The van der Waals surface area contributed by atoms with E-state index in [9.17, 15) is 32.1 Å². The van der Waals surface area contributed by atoms with Crippen LogP contribution in [0.3, 0.4) is 0 Å². The second-order valence-electron chi connectivity index (χ2n) is 14.1. The Balaban J connectivity index is 1.11. The van der Waals surface area contributed by atoms with Crippen LogP contribution in [-0.4, -0.2) is 82.8 Å². The Morgan fingerprint density at radius 3 is 2.35 bits per heavy atom. The minimum atomic E-state index is -5.09. The smallest absolute Gasteiger partial charge is 0.413 e. The molecule has 2 aromatic carbocycles. The maximum Gasteiger partial charge on any atom is 0.413 e. The summed E-state index contributed by atoms with van der Waals surface area (Å²) in [4.78, 5) is 62.2. The highest BCUT2D eigenvalue weighted by Gasteiger charge is 2.79. The molecule has 19 nitrogen and oxygen atoms in total. The maximum absolute atomic E-state index is 13.3. The predicted molar refractivity (Wildman–Crippen MR) is 202 cm³/mol. The molecule has 1 saturated carbocycles. The highest BCUT2D eigenvalue weighted by atomic mass is 32.2. The minimum Gasteiger partial charge on any atom is -0.483 e. The van der Waals surface area contributed by atoms with Crippen LogP contribution in [0.4, 0.5) is 9.93 Å². The quantitative estimate of drug-likeness (QED) is 0.0741. The molecule has 21 heteroatoms. The van der Waals surface area contributed by atoms with E-state index in [-0.39, 0.29) is 51.9 Å². The number of anilines is 1. The van der Waals surface area contributed by atoms with Gasteiger partial charge in [0.25, 0.3) is 11.6 Å². The average molecular weight is 819 g/mol. The summed E-state index contributed by atoms with van der Waals surface area (Å²) < 4.78 is 48.9. The van der Waals surface area contributed by atoms with Crippen LogP contribution in [0, 0.1) is 0 Å². The number of thiazole rings is 1. The van der Waals surface area contributed by atoms with Crippen LogP contribution in [0.15, 0.2) is 89.3 Å². The normalized spacial score (nSPS) is 18.7. The number of benzene rings is 2. The molecule has 2 aliphatic rings. The molecule has 0 bridgehead atoms. The zero-order valence-electron chi connectivity index (χ0n) is 30.6. The fourth-order valence-electron chi connectivity index (χ4n) is 6.28. The zero-order valence-corrected chi connectivity index (χ0v) is 32.2. The van der Waals surface area contributed by atoms with Crippen molar-refractivity contribution in [1.82, 2.24) is 34.3 Å². The summed E-state index contributed by atoms with van der Waals surface area (Å²) in [7, 11) is -5.09. The number of nitrogens with one attached hydrogen (secondary N) is 2. The van der Waals surface area contributed by atoms with Crippen LogP contribution in [-0.2, 0) is 37.8 Å². The van der Waals surface area contributed by atoms with Gasteiger partial charge in [-0.3, -0.25) is 24.3 Å². The minimum absolute atomic E-state index is 0.00353. The van der Waals surface area contributed by atoms with Crippen molar-refractivity contribution in [2.24, 2.45) is 0 Å². The lowest BCUT2D eigenvalue weighted by atomic mass is 9.94. The van der Waals surface area contributed by atoms with Gasteiger partial charge in [0.15, 0.2) is 16.6 Å². The third-order valence-corrected chi connectivity index (χ3v) is 10.7. The molecule has 4 heterocycles.